The molecule has 0 spiro atoms. The van der Waals surface area contributed by atoms with Gasteiger partial charge in [0.1, 0.15) is 0 Å². The lowest BCUT2D eigenvalue weighted by Crippen LogP contribution is -2.02. The second kappa shape index (κ2) is 4.75. The number of pyridine rings is 1. The van der Waals surface area contributed by atoms with E-state index >= 15 is 0 Å². The average Bonchev–Trinajstić information content (AvgIpc) is 2.11. The highest BCUT2D eigenvalue weighted by Crippen LogP contribution is 2.12. The maximum atomic E-state index is 4.35. The highest BCUT2D eigenvalue weighted by Gasteiger charge is 2.03. The molecule has 0 saturated carbocycles. The highest BCUT2D eigenvalue weighted by atomic mass is 79.9. The predicted molar refractivity (Wildman–Crippen MR) is 60.4 cm³/mol. The first kappa shape index (κ1) is 10.7. The molecule has 0 aliphatic carbocycles. The summed E-state index contributed by atoms with van der Waals surface area (Å²) in [5.41, 5.74) is 3.77. The summed E-state index contributed by atoms with van der Waals surface area (Å²) in [6.45, 7) is 6.40. The van der Waals surface area contributed by atoms with Crippen molar-refractivity contribution in [3.05, 3.63) is 29.1 Å². The summed E-state index contributed by atoms with van der Waals surface area (Å²) >= 11 is 3.48. The second-order valence-corrected chi connectivity index (χ2v) is 4.36. The van der Waals surface area contributed by atoms with E-state index in [1.54, 1.807) is 0 Å². The molecule has 0 saturated heterocycles. The van der Waals surface area contributed by atoms with Crippen LogP contribution in [0.25, 0.3) is 0 Å². The van der Waals surface area contributed by atoms with Crippen LogP contribution in [0.4, 0.5) is 0 Å². The number of aromatic nitrogens is 1. The fraction of sp³-hybridized carbons (Fsp3) is 0.545. The Morgan fingerprint density at radius 1 is 1.46 bits per heavy atom. The predicted octanol–water partition coefficient (Wildman–Crippen LogP) is 3.27. The van der Waals surface area contributed by atoms with Gasteiger partial charge in [-0.3, -0.25) is 4.98 Å². The van der Waals surface area contributed by atoms with Crippen LogP contribution in [0, 0.1) is 19.8 Å². The molecule has 1 aromatic rings. The quantitative estimate of drug-likeness (QED) is 0.741. The lowest BCUT2D eigenvalue weighted by Gasteiger charge is -2.08. The zero-order valence-electron chi connectivity index (χ0n) is 8.47. The van der Waals surface area contributed by atoms with Gasteiger partial charge in [0.2, 0.25) is 0 Å². The van der Waals surface area contributed by atoms with Crippen molar-refractivity contribution in [2.24, 2.45) is 5.92 Å². The molecule has 0 bridgehead atoms. The molecule has 1 nitrogen and oxygen atoms in total. The first-order valence-electron chi connectivity index (χ1n) is 4.61. The molecule has 13 heavy (non-hydrogen) atoms. The monoisotopic (exact) mass is 241 g/mol. The number of hydrogen-bond donors (Lipinski definition) is 0. The molecule has 0 fully saturated rings. The smallest absolute Gasteiger partial charge is 0.0401 e. The van der Waals surface area contributed by atoms with Gasteiger partial charge in [-0.25, -0.2) is 0 Å². The van der Waals surface area contributed by atoms with E-state index in [1.165, 1.54) is 11.1 Å². The van der Waals surface area contributed by atoms with Crippen molar-refractivity contribution in [3.8, 4) is 0 Å². The number of nitrogens with zero attached hydrogens (tertiary/aromatic N) is 1. The molecule has 0 aliphatic rings. The lowest BCUT2D eigenvalue weighted by molar-refractivity contribution is 0.660. The van der Waals surface area contributed by atoms with Crippen LogP contribution < -0.4 is 0 Å². The molecule has 0 amide bonds. The topological polar surface area (TPSA) is 12.9 Å². The van der Waals surface area contributed by atoms with E-state index in [-0.39, 0.29) is 0 Å². The Morgan fingerprint density at radius 3 is 2.69 bits per heavy atom. The third kappa shape index (κ3) is 3.11. The van der Waals surface area contributed by atoms with E-state index in [1.807, 2.05) is 13.1 Å². The van der Waals surface area contributed by atoms with E-state index in [2.05, 4.69) is 40.8 Å². The Bertz CT molecular complexity index is 283. The maximum Gasteiger partial charge on any atom is 0.0401 e. The van der Waals surface area contributed by atoms with Gasteiger partial charge in [0.15, 0.2) is 0 Å². The number of halogens is 1. The van der Waals surface area contributed by atoms with Crippen molar-refractivity contribution in [2.45, 2.75) is 27.2 Å². The zero-order chi connectivity index (χ0) is 9.84. The zero-order valence-corrected chi connectivity index (χ0v) is 10.1. The van der Waals surface area contributed by atoms with Gasteiger partial charge in [0.05, 0.1) is 0 Å². The van der Waals surface area contributed by atoms with Crippen LogP contribution >= 0.6 is 15.9 Å². The Labute approximate surface area is 88.7 Å². The molecule has 1 atom stereocenters. The molecular formula is C11H16BrN. The van der Waals surface area contributed by atoms with Gasteiger partial charge in [-0.05, 0) is 37.3 Å². The van der Waals surface area contributed by atoms with Crippen molar-refractivity contribution in [1.82, 2.24) is 4.98 Å². The minimum atomic E-state index is 0.684. The summed E-state index contributed by atoms with van der Waals surface area (Å²) in [5, 5.41) is 1.06. The molecule has 1 rings (SSSR count). The van der Waals surface area contributed by atoms with E-state index in [4.69, 9.17) is 0 Å². The van der Waals surface area contributed by atoms with Gasteiger partial charge in [0, 0.05) is 17.2 Å². The fourth-order valence-corrected chi connectivity index (χ4v) is 1.50. The van der Waals surface area contributed by atoms with Crippen LogP contribution in [0.3, 0.4) is 0 Å². The van der Waals surface area contributed by atoms with Crippen molar-refractivity contribution >= 4 is 15.9 Å². The number of rotatable bonds is 3. The largest absolute Gasteiger partial charge is 0.261 e. The number of alkyl halides is 1. The Hall–Kier alpha value is -0.370. The fourth-order valence-electron chi connectivity index (χ4n) is 1.27. The minimum Gasteiger partial charge on any atom is -0.261 e. The summed E-state index contributed by atoms with van der Waals surface area (Å²) < 4.78 is 0. The Morgan fingerprint density at radius 2 is 2.15 bits per heavy atom. The standard InChI is InChI=1S/C11H16BrN/c1-8(6-12)4-11-5-9(2)10(3)13-7-11/h5,7-8H,4,6H2,1-3H3. The molecule has 0 aliphatic heterocycles. The first-order chi connectivity index (χ1) is 6.13. The van der Waals surface area contributed by atoms with Crippen LogP contribution in [-0.4, -0.2) is 10.3 Å². The van der Waals surface area contributed by atoms with Gasteiger partial charge in [-0.2, -0.15) is 0 Å². The van der Waals surface area contributed by atoms with E-state index < -0.39 is 0 Å². The van der Waals surface area contributed by atoms with Crippen molar-refractivity contribution in [2.75, 3.05) is 5.33 Å². The Balaban J connectivity index is 2.73. The molecule has 0 aromatic carbocycles. The van der Waals surface area contributed by atoms with Crippen molar-refractivity contribution in [1.29, 1.82) is 0 Å². The average molecular weight is 242 g/mol. The summed E-state index contributed by atoms with van der Waals surface area (Å²) in [4.78, 5) is 4.35. The van der Waals surface area contributed by atoms with Crippen LogP contribution in [0.15, 0.2) is 12.3 Å². The SMILES string of the molecule is Cc1cc(CC(C)CBr)cnc1C. The van der Waals surface area contributed by atoms with Crippen molar-refractivity contribution < 1.29 is 0 Å². The molecule has 72 valence electrons. The van der Waals surface area contributed by atoms with Crippen LogP contribution in [0.1, 0.15) is 23.7 Å². The van der Waals surface area contributed by atoms with Crippen LogP contribution in [0.2, 0.25) is 0 Å². The second-order valence-electron chi connectivity index (χ2n) is 3.71. The third-order valence-electron chi connectivity index (χ3n) is 2.24. The highest BCUT2D eigenvalue weighted by molar-refractivity contribution is 9.09. The third-order valence-corrected chi connectivity index (χ3v) is 3.35. The van der Waals surface area contributed by atoms with Gasteiger partial charge in [-0.1, -0.05) is 28.9 Å². The number of hydrogen-bond acceptors (Lipinski definition) is 1. The summed E-state index contributed by atoms with van der Waals surface area (Å²) in [6, 6.07) is 2.24. The molecule has 0 N–H and O–H groups in total. The molecular weight excluding hydrogens is 226 g/mol. The lowest BCUT2D eigenvalue weighted by atomic mass is 10.0. The molecule has 0 radical (unpaired) electrons. The first-order valence-corrected chi connectivity index (χ1v) is 5.73. The number of aryl methyl sites for hydroxylation is 2. The summed E-state index contributed by atoms with van der Waals surface area (Å²) in [5.74, 6) is 0.684. The van der Waals surface area contributed by atoms with Gasteiger partial charge < -0.3 is 0 Å². The van der Waals surface area contributed by atoms with E-state index in [0.29, 0.717) is 5.92 Å². The van der Waals surface area contributed by atoms with E-state index in [0.717, 1.165) is 17.4 Å². The normalized spacial score (nSPS) is 12.9. The minimum absolute atomic E-state index is 0.684. The van der Waals surface area contributed by atoms with E-state index in [9.17, 15) is 0 Å². The van der Waals surface area contributed by atoms with Crippen LogP contribution in [-0.2, 0) is 6.42 Å². The van der Waals surface area contributed by atoms with Gasteiger partial charge >= 0.3 is 0 Å². The molecule has 2 heteroatoms. The molecule has 1 unspecified atom stereocenters. The molecule has 1 heterocycles. The van der Waals surface area contributed by atoms with Gasteiger partial charge in [-0.15, -0.1) is 0 Å². The maximum absolute atomic E-state index is 4.35. The summed E-state index contributed by atoms with van der Waals surface area (Å²) in [6.07, 6.45) is 3.10. The van der Waals surface area contributed by atoms with Crippen LogP contribution in [0.5, 0.6) is 0 Å². The Kier molecular flexibility index (Phi) is 3.91. The molecule has 1 aromatic heterocycles. The summed E-state index contributed by atoms with van der Waals surface area (Å²) in [7, 11) is 0. The van der Waals surface area contributed by atoms with Crippen molar-refractivity contribution in [3.63, 3.8) is 0 Å². The van der Waals surface area contributed by atoms with Gasteiger partial charge in [0.25, 0.3) is 0 Å².